The van der Waals surface area contributed by atoms with E-state index >= 15 is 0 Å². The van der Waals surface area contributed by atoms with Crippen LogP contribution in [0.15, 0.2) is 27.1 Å². The summed E-state index contributed by atoms with van der Waals surface area (Å²) in [6, 6.07) is 7.34. The summed E-state index contributed by atoms with van der Waals surface area (Å²) in [6.45, 7) is 3.00. The standard InChI is InChI=1S/C15H23Br2N3/c1-19-7-5-12(6-8-19)20(2)15(10-18)11-3-4-13(16)14(17)9-11/h3-4,9,12,15H,5-8,10,18H2,1-2H3. The Morgan fingerprint density at radius 1 is 1.30 bits per heavy atom. The van der Waals surface area contributed by atoms with Gasteiger partial charge in [-0.3, -0.25) is 4.90 Å². The van der Waals surface area contributed by atoms with Gasteiger partial charge in [-0.2, -0.15) is 0 Å². The van der Waals surface area contributed by atoms with Gasteiger partial charge in [0.15, 0.2) is 0 Å². The summed E-state index contributed by atoms with van der Waals surface area (Å²) in [6.07, 6.45) is 2.45. The molecule has 0 aromatic heterocycles. The third-order valence-corrected chi connectivity index (χ3v) is 6.19. The summed E-state index contributed by atoms with van der Waals surface area (Å²) in [4.78, 5) is 4.86. The molecule has 1 aliphatic heterocycles. The highest BCUT2D eigenvalue weighted by molar-refractivity contribution is 9.13. The minimum Gasteiger partial charge on any atom is -0.329 e. The second-order valence-corrected chi connectivity index (χ2v) is 7.33. The maximum atomic E-state index is 6.05. The number of benzene rings is 1. The van der Waals surface area contributed by atoms with Crippen LogP contribution in [0.5, 0.6) is 0 Å². The van der Waals surface area contributed by atoms with Gasteiger partial charge in [0.05, 0.1) is 0 Å². The van der Waals surface area contributed by atoms with Gasteiger partial charge in [0.25, 0.3) is 0 Å². The Labute approximate surface area is 138 Å². The van der Waals surface area contributed by atoms with Crippen LogP contribution < -0.4 is 5.73 Å². The number of rotatable bonds is 4. The van der Waals surface area contributed by atoms with E-state index in [4.69, 9.17) is 5.73 Å². The zero-order valence-electron chi connectivity index (χ0n) is 12.1. The van der Waals surface area contributed by atoms with Gasteiger partial charge in [-0.25, -0.2) is 0 Å². The Bertz CT molecular complexity index is 445. The van der Waals surface area contributed by atoms with Gasteiger partial charge in [-0.15, -0.1) is 0 Å². The number of halogens is 2. The van der Waals surface area contributed by atoms with Crippen molar-refractivity contribution in [1.29, 1.82) is 0 Å². The topological polar surface area (TPSA) is 32.5 Å². The largest absolute Gasteiger partial charge is 0.329 e. The third kappa shape index (κ3) is 3.83. The molecule has 1 atom stereocenters. The summed E-state index contributed by atoms with van der Waals surface area (Å²) in [7, 11) is 4.41. The van der Waals surface area contributed by atoms with Crippen molar-refractivity contribution in [1.82, 2.24) is 9.80 Å². The van der Waals surface area contributed by atoms with Crippen molar-refractivity contribution in [2.24, 2.45) is 5.73 Å². The molecule has 0 spiro atoms. The Morgan fingerprint density at radius 2 is 1.95 bits per heavy atom. The Morgan fingerprint density at radius 3 is 2.50 bits per heavy atom. The fourth-order valence-corrected chi connectivity index (χ4v) is 3.56. The minimum absolute atomic E-state index is 0.285. The van der Waals surface area contributed by atoms with Gasteiger partial charge in [0.2, 0.25) is 0 Å². The van der Waals surface area contributed by atoms with Crippen LogP contribution in [-0.4, -0.2) is 49.6 Å². The molecular formula is C15H23Br2N3. The molecule has 1 heterocycles. The quantitative estimate of drug-likeness (QED) is 0.835. The van der Waals surface area contributed by atoms with Crippen LogP contribution in [0.1, 0.15) is 24.4 Å². The maximum Gasteiger partial charge on any atom is 0.0470 e. The molecule has 1 saturated heterocycles. The van der Waals surface area contributed by atoms with E-state index < -0.39 is 0 Å². The molecule has 2 rings (SSSR count). The lowest BCUT2D eigenvalue weighted by Gasteiger charge is -2.39. The molecule has 0 aliphatic carbocycles. The summed E-state index contributed by atoms with van der Waals surface area (Å²) in [5.74, 6) is 0. The van der Waals surface area contributed by atoms with Crippen LogP contribution in [0, 0.1) is 0 Å². The summed E-state index contributed by atoms with van der Waals surface area (Å²) in [5, 5.41) is 0. The van der Waals surface area contributed by atoms with Crippen LogP contribution >= 0.6 is 31.9 Å². The lowest BCUT2D eigenvalue weighted by molar-refractivity contribution is 0.109. The van der Waals surface area contributed by atoms with Gasteiger partial charge in [-0.05, 0) is 89.6 Å². The van der Waals surface area contributed by atoms with Crippen molar-refractivity contribution in [3.63, 3.8) is 0 Å². The first-order valence-electron chi connectivity index (χ1n) is 7.08. The fraction of sp³-hybridized carbons (Fsp3) is 0.600. The molecule has 1 aromatic carbocycles. The second kappa shape index (κ2) is 7.36. The van der Waals surface area contributed by atoms with Crippen LogP contribution in [0.25, 0.3) is 0 Å². The molecule has 0 bridgehead atoms. The number of piperidine rings is 1. The van der Waals surface area contributed by atoms with E-state index in [1.54, 1.807) is 0 Å². The lowest BCUT2D eigenvalue weighted by Crippen LogP contribution is -2.45. The molecule has 3 nitrogen and oxygen atoms in total. The average Bonchev–Trinajstić information content (AvgIpc) is 2.44. The summed E-state index contributed by atoms with van der Waals surface area (Å²) < 4.78 is 2.17. The minimum atomic E-state index is 0.285. The van der Waals surface area contributed by atoms with Gasteiger partial charge in [0.1, 0.15) is 0 Å². The maximum absolute atomic E-state index is 6.05. The first kappa shape index (κ1) is 16.4. The number of nitrogens with zero attached hydrogens (tertiary/aromatic N) is 2. The molecule has 0 amide bonds. The molecule has 0 saturated carbocycles. The van der Waals surface area contributed by atoms with Crippen LogP contribution in [0.3, 0.4) is 0 Å². The molecule has 2 N–H and O–H groups in total. The molecule has 1 unspecified atom stereocenters. The molecule has 1 aromatic rings. The summed E-state index contributed by atoms with van der Waals surface area (Å²) in [5.41, 5.74) is 7.33. The predicted octanol–water partition coefficient (Wildman–Crippen LogP) is 3.24. The van der Waals surface area contributed by atoms with Gasteiger partial charge in [-0.1, -0.05) is 6.07 Å². The van der Waals surface area contributed by atoms with E-state index in [-0.39, 0.29) is 6.04 Å². The highest BCUT2D eigenvalue weighted by Gasteiger charge is 2.26. The Hall–Kier alpha value is 0.0600. The third-order valence-electron chi connectivity index (χ3n) is 4.31. The van der Waals surface area contributed by atoms with Crippen LogP contribution in [0.4, 0.5) is 0 Å². The molecule has 112 valence electrons. The normalized spacial score (nSPS) is 19.5. The van der Waals surface area contributed by atoms with Crippen molar-refractivity contribution in [3.8, 4) is 0 Å². The average molecular weight is 405 g/mol. The van der Waals surface area contributed by atoms with Gasteiger partial charge in [0, 0.05) is 27.6 Å². The smallest absolute Gasteiger partial charge is 0.0470 e. The Kier molecular flexibility index (Phi) is 6.05. The fourth-order valence-electron chi connectivity index (χ4n) is 2.91. The Balaban J connectivity index is 2.12. The van der Waals surface area contributed by atoms with Crippen LogP contribution in [-0.2, 0) is 0 Å². The van der Waals surface area contributed by atoms with Crippen molar-refractivity contribution in [3.05, 3.63) is 32.7 Å². The van der Waals surface area contributed by atoms with E-state index in [1.165, 1.54) is 31.5 Å². The predicted molar refractivity (Wildman–Crippen MR) is 91.9 cm³/mol. The summed E-state index contributed by atoms with van der Waals surface area (Å²) >= 11 is 7.11. The zero-order chi connectivity index (χ0) is 14.7. The van der Waals surface area contributed by atoms with E-state index in [0.717, 1.165) is 8.95 Å². The molecule has 1 fully saturated rings. The zero-order valence-corrected chi connectivity index (χ0v) is 15.3. The first-order chi connectivity index (χ1) is 9.52. The van der Waals surface area contributed by atoms with Crippen molar-refractivity contribution >= 4 is 31.9 Å². The van der Waals surface area contributed by atoms with Gasteiger partial charge >= 0.3 is 0 Å². The number of nitrogens with two attached hydrogens (primary N) is 1. The monoisotopic (exact) mass is 403 g/mol. The molecular weight excluding hydrogens is 382 g/mol. The van der Waals surface area contributed by atoms with E-state index in [1.807, 2.05) is 0 Å². The van der Waals surface area contributed by atoms with E-state index in [2.05, 4.69) is 74.0 Å². The number of likely N-dealkylation sites (tertiary alicyclic amines) is 1. The second-order valence-electron chi connectivity index (χ2n) is 5.62. The molecule has 20 heavy (non-hydrogen) atoms. The highest BCUT2D eigenvalue weighted by atomic mass is 79.9. The van der Waals surface area contributed by atoms with E-state index in [9.17, 15) is 0 Å². The van der Waals surface area contributed by atoms with Crippen LogP contribution in [0.2, 0.25) is 0 Å². The van der Waals surface area contributed by atoms with Crippen molar-refractivity contribution in [2.75, 3.05) is 33.7 Å². The molecule has 1 aliphatic rings. The molecule has 0 radical (unpaired) electrons. The number of hydrogen-bond donors (Lipinski definition) is 1. The lowest BCUT2D eigenvalue weighted by atomic mass is 9.99. The first-order valence-corrected chi connectivity index (χ1v) is 8.67. The van der Waals surface area contributed by atoms with Crippen molar-refractivity contribution in [2.45, 2.75) is 24.9 Å². The van der Waals surface area contributed by atoms with Crippen molar-refractivity contribution < 1.29 is 0 Å². The SMILES string of the molecule is CN1CCC(N(C)C(CN)c2ccc(Br)c(Br)c2)CC1. The van der Waals surface area contributed by atoms with Gasteiger partial charge < -0.3 is 10.6 Å². The number of likely N-dealkylation sites (N-methyl/N-ethyl adjacent to an activating group) is 1. The number of hydrogen-bond acceptors (Lipinski definition) is 3. The van der Waals surface area contributed by atoms with E-state index in [0.29, 0.717) is 12.6 Å². The highest BCUT2D eigenvalue weighted by Crippen LogP contribution is 2.30. The molecule has 5 heteroatoms.